The van der Waals surface area contributed by atoms with Gasteiger partial charge in [0.15, 0.2) is 5.96 Å². The molecule has 27 heavy (non-hydrogen) atoms. The quantitative estimate of drug-likeness (QED) is 0.164. The average molecular weight is 497 g/mol. The summed E-state index contributed by atoms with van der Waals surface area (Å²) < 4.78 is 9.82. The van der Waals surface area contributed by atoms with Gasteiger partial charge in [-0.25, -0.2) is 0 Å². The van der Waals surface area contributed by atoms with Gasteiger partial charge in [0.1, 0.15) is 0 Å². The van der Waals surface area contributed by atoms with Crippen molar-refractivity contribution in [1.29, 1.82) is 0 Å². The maximum Gasteiger partial charge on any atom is 0.310 e. The SMILES string of the molecule is CCNC(=NCCCCCCC(=O)OCC)N1CC(C)C(C(=O)OC)C1.I. The summed E-state index contributed by atoms with van der Waals surface area (Å²) in [4.78, 5) is 30.0. The Balaban J connectivity index is 0.00000676. The second kappa shape index (κ2) is 14.9. The lowest BCUT2D eigenvalue weighted by Crippen LogP contribution is -2.40. The molecule has 158 valence electrons. The first-order chi connectivity index (χ1) is 12.5. The van der Waals surface area contributed by atoms with Crippen LogP contribution in [-0.4, -0.2) is 62.7 Å². The van der Waals surface area contributed by atoms with Crippen molar-refractivity contribution < 1.29 is 19.1 Å². The zero-order chi connectivity index (χ0) is 19.4. The molecule has 0 saturated carbocycles. The van der Waals surface area contributed by atoms with E-state index in [1.165, 1.54) is 7.11 Å². The van der Waals surface area contributed by atoms with E-state index in [0.29, 0.717) is 19.6 Å². The number of rotatable bonds is 10. The summed E-state index contributed by atoms with van der Waals surface area (Å²) in [6.07, 6.45) is 4.41. The number of likely N-dealkylation sites (tertiary alicyclic amines) is 1. The first kappa shape index (κ1) is 25.9. The average Bonchev–Trinajstić information content (AvgIpc) is 3.01. The number of unbranched alkanes of at least 4 members (excludes halogenated alkanes) is 3. The Labute approximate surface area is 180 Å². The number of carbonyl (C=O) groups is 2. The van der Waals surface area contributed by atoms with Crippen molar-refractivity contribution in [1.82, 2.24) is 10.2 Å². The second-order valence-electron chi connectivity index (χ2n) is 6.72. The minimum atomic E-state index is -0.141. The molecule has 1 rings (SSSR count). The van der Waals surface area contributed by atoms with Crippen LogP contribution in [0.25, 0.3) is 0 Å². The smallest absolute Gasteiger partial charge is 0.310 e. The van der Waals surface area contributed by atoms with Gasteiger partial charge >= 0.3 is 11.9 Å². The number of aliphatic imine (C=N–C) groups is 1. The molecule has 1 aliphatic rings. The van der Waals surface area contributed by atoms with Crippen molar-refractivity contribution in [3.63, 3.8) is 0 Å². The van der Waals surface area contributed by atoms with Crippen LogP contribution in [0.15, 0.2) is 4.99 Å². The standard InChI is InChI=1S/C19H35N3O4.HI/c1-5-20-19(22-13-15(3)16(14-22)18(24)25-4)21-12-10-8-7-9-11-17(23)26-6-2;/h15-16H,5-14H2,1-4H3,(H,20,21);1H. The summed E-state index contributed by atoms with van der Waals surface area (Å²) >= 11 is 0. The van der Waals surface area contributed by atoms with Gasteiger partial charge in [0.05, 0.1) is 19.6 Å². The zero-order valence-corrected chi connectivity index (χ0v) is 19.5. The molecule has 0 spiro atoms. The Kier molecular flexibility index (Phi) is 14.3. The number of esters is 2. The minimum Gasteiger partial charge on any atom is -0.469 e. The lowest BCUT2D eigenvalue weighted by atomic mass is 9.99. The van der Waals surface area contributed by atoms with E-state index in [1.807, 2.05) is 13.8 Å². The number of carbonyl (C=O) groups excluding carboxylic acids is 2. The van der Waals surface area contributed by atoms with Crippen LogP contribution in [0.1, 0.15) is 52.9 Å². The molecule has 0 bridgehead atoms. The number of guanidine groups is 1. The van der Waals surface area contributed by atoms with Crippen LogP contribution in [0.3, 0.4) is 0 Å². The van der Waals surface area contributed by atoms with Crippen LogP contribution < -0.4 is 5.32 Å². The van der Waals surface area contributed by atoms with Crippen molar-refractivity contribution >= 4 is 41.9 Å². The molecule has 1 fully saturated rings. The maximum absolute atomic E-state index is 11.9. The van der Waals surface area contributed by atoms with Crippen molar-refractivity contribution in [2.75, 3.05) is 39.9 Å². The third-order valence-electron chi connectivity index (χ3n) is 4.61. The van der Waals surface area contributed by atoms with Crippen LogP contribution in [0.4, 0.5) is 0 Å². The lowest BCUT2D eigenvalue weighted by molar-refractivity contribution is -0.146. The fourth-order valence-corrected chi connectivity index (χ4v) is 3.18. The van der Waals surface area contributed by atoms with Crippen LogP contribution >= 0.6 is 24.0 Å². The molecule has 1 heterocycles. The first-order valence-electron chi connectivity index (χ1n) is 9.80. The number of halogens is 1. The van der Waals surface area contributed by atoms with Gasteiger partial charge in [0, 0.05) is 32.6 Å². The highest BCUT2D eigenvalue weighted by molar-refractivity contribution is 14.0. The summed E-state index contributed by atoms with van der Waals surface area (Å²) in [5.41, 5.74) is 0. The fourth-order valence-electron chi connectivity index (χ4n) is 3.18. The number of nitrogens with one attached hydrogen (secondary N) is 1. The summed E-state index contributed by atoms with van der Waals surface area (Å²) in [5, 5.41) is 3.32. The largest absolute Gasteiger partial charge is 0.469 e. The second-order valence-corrected chi connectivity index (χ2v) is 6.72. The Morgan fingerprint density at radius 2 is 1.85 bits per heavy atom. The first-order valence-corrected chi connectivity index (χ1v) is 9.80. The molecule has 0 amide bonds. The topological polar surface area (TPSA) is 80.2 Å². The van der Waals surface area contributed by atoms with E-state index in [9.17, 15) is 9.59 Å². The number of hydrogen-bond donors (Lipinski definition) is 1. The summed E-state index contributed by atoms with van der Waals surface area (Å²) in [6, 6.07) is 0. The summed E-state index contributed by atoms with van der Waals surface area (Å²) in [7, 11) is 1.44. The highest BCUT2D eigenvalue weighted by atomic mass is 127. The number of hydrogen-bond acceptors (Lipinski definition) is 5. The molecule has 0 aromatic rings. The van der Waals surface area contributed by atoms with Crippen LogP contribution in [0, 0.1) is 11.8 Å². The molecule has 0 aromatic carbocycles. The van der Waals surface area contributed by atoms with Gasteiger partial charge in [-0.05, 0) is 32.6 Å². The molecule has 1 saturated heterocycles. The van der Waals surface area contributed by atoms with E-state index in [0.717, 1.165) is 51.3 Å². The van der Waals surface area contributed by atoms with E-state index >= 15 is 0 Å². The van der Waals surface area contributed by atoms with Gasteiger partial charge in [0.2, 0.25) is 0 Å². The predicted octanol–water partition coefficient (Wildman–Crippen LogP) is 2.82. The monoisotopic (exact) mass is 497 g/mol. The van der Waals surface area contributed by atoms with Gasteiger partial charge in [-0.3, -0.25) is 14.6 Å². The molecule has 7 nitrogen and oxygen atoms in total. The number of nitrogens with zero attached hydrogens (tertiary/aromatic N) is 2. The van der Waals surface area contributed by atoms with Crippen molar-refractivity contribution in [2.24, 2.45) is 16.8 Å². The van der Waals surface area contributed by atoms with Crippen LogP contribution in [0.5, 0.6) is 0 Å². The molecule has 2 atom stereocenters. The van der Waals surface area contributed by atoms with Gasteiger partial charge in [-0.1, -0.05) is 19.8 Å². The van der Waals surface area contributed by atoms with Crippen LogP contribution in [-0.2, 0) is 19.1 Å². The maximum atomic E-state index is 11.9. The normalized spacial score (nSPS) is 19.4. The fraction of sp³-hybridized carbons (Fsp3) is 0.842. The van der Waals surface area contributed by atoms with Crippen LogP contribution in [0.2, 0.25) is 0 Å². The lowest BCUT2D eigenvalue weighted by Gasteiger charge is -2.21. The van der Waals surface area contributed by atoms with Crippen molar-refractivity contribution in [2.45, 2.75) is 52.9 Å². The number of methoxy groups -OCH3 is 1. The molecule has 1 aliphatic heterocycles. The molecule has 0 aliphatic carbocycles. The van der Waals surface area contributed by atoms with Crippen molar-refractivity contribution in [3.05, 3.63) is 0 Å². The van der Waals surface area contributed by atoms with E-state index in [4.69, 9.17) is 14.5 Å². The third-order valence-corrected chi connectivity index (χ3v) is 4.61. The van der Waals surface area contributed by atoms with Gasteiger partial charge < -0.3 is 19.7 Å². The highest BCUT2D eigenvalue weighted by Gasteiger charge is 2.36. The Hall–Kier alpha value is -1.06. The molecular weight excluding hydrogens is 461 g/mol. The zero-order valence-electron chi connectivity index (χ0n) is 17.2. The molecule has 8 heteroatoms. The summed E-state index contributed by atoms with van der Waals surface area (Å²) in [6.45, 7) is 9.40. The minimum absolute atomic E-state index is 0. The predicted molar refractivity (Wildman–Crippen MR) is 117 cm³/mol. The van der Waals surface area contributed by atoms with Gasteiger partial charge in [-0.15, -0.1) is 24.0 Å². The molecular formula is C19H36IN3O4. The van der Waals surface area contributed by atoms with Crippen molar-refractivity contribution in [3.8, 4) is 0 Å². The molecule has 0 aromatic heterocycles. The Morgan fingerprint density at radius 1 is 1.15 bits per heavy atom. The summed E-state index contributed by atoms with van der Waals surface area (Å²) in [5.74, 6) is 0.791. The van der Waals surface area contributed by atoms with E-state index in [1.54, 1.807) is 0 Å². The highest BCUT2D eigenvalue weighted by Crippen LogP contribution is 2.24. The molecule has 0 radical (unpaired) electrons. The van der Waals surface area contributed by atoms with Gasteiger partial charge in [0.25, 0.3) is 0 Å². The number of ether oxygens (including phenoxy) is 2. The van der Waals surface area contributed by atoms with E-state index in [2.05, 4.69) is 17.1 Å². The van der Waals surface area contributed by atoms with E-state index in [-0.39, 0.29) is 47.8 Å². The Morgan fingerprint density at radius 3 is 2.48 bits per heavy atom. The Bertz CT molecular complexity index is 474. The molecule has 2 unspecified atom stereocenters. The van der Waals surface area contributed by atoms with Gasteiger partial charge in [-0.2, -0.15) is 0 Å². The third kappa shape index (κ3) is 9.62. The van der Waals surface area contributed by atoms with E-state index < -0.39 is 0 Å². The molecule has 1 N–H and O–H groups in total.